The lowest BCUT2D eigenvalue weighted by Gasteiger charge is -2.11. The maximum atomic E-state index is 13.6. The average Bonchev–Trinajstić information content (AvgIpc) is 3.21. The summed E-state index contributed by atoms with van der Waals surface area (Å²) in [5.41, 5.74) is 0.381. The Labute approximate surface area is 201 Å². The summed E-state index contributed by atoms with van der Waals surface area (Å²) in [5.74, 6) is 0.436. The summed E-state index contributed by atoms with van der Waals surface area (Å²) in [6.07, 6.45) is 2.76. The number of nitro benzene ring substituents is 1. The number of hydrogen-bond donors (Lipinski definition) is 0. The molecule has 1 aromatic heterocycles. The Balaban J connectivity index is 2.01. The summed E-state index contributed by atoms with van der Waals surface area (Å²) in [7, 11) is -1.34. The molecule has 1 heterocycles. The molecule has 0 fully saturated rings. The second kappa shape index (κ2) is 9.32. The first kappa shape index (κ1) is 23.5. The van der Waals surface area contributed by atoms with Gasteiger partial charge in [-0.25, -0.2) is 12.4 Å². The van der Waals surface area contributed by atoms with Crippen LogP contribution in [-0.4, -0.2) is 31.5 Å². The largest absolute Gasteiger partial charge is 0.493 e. The van der Waals surface area contributed by atoms with E-state index in [0.29, 0.717) is 10.9 Å². The molecule has 176 valence electrons. The van der Waals surface area contributed by atoms with Crippen LogP contribution in [0, 0.1) is 21.4 Å². The van der Waals surface area contributed by atoms with E-state index in [9.17, 15) is 23.8 Å². The number of nitro groups is 1. The van der Waals surface area contributed by atoms with Crippen molar-refractivity contribution in [1.29, 1.82) is 5.26 Å². The first-order valence-corrected chi connectivity index (χ1v) is 11.7. The van der Waals surface area contributed by atoms with Gasteiger partial charge in [0, 0.05) is 5.39 Å². The lowest BCUT2D eigenvalue weighted by Crippen LogP contribution is -2.14. The smallest absolute Gasteiger partial charge is 0.280 e. The minimum Gasteiger partial charge on any atom is -0.493 e. The summed E-state index contributed by atoms with van der Waals surface area (Å²) in [6, 6.07) is 19.2. The number of para-hydroxylation sites is 1. The van der Waals surface area contributed by atoms with Gasteiger partial charge in [0.25, 0.3) is 15.7 Å². The van der Waals surface area contributed by atoms with Crippen LogP contribution in [0.1, 0.15) is 16.8 Å². The van der Waals surface area contributed by atoms with Gasteiger partial charge in [-0.05, 0) is 36.4 Å². The zero-order chi connectivity index (χ0) is 25.2. The number of aromatic nitrogens is 1. The predicted molar refractivity (Wildman–Crippen MR) is 131 cm³/mol. The monoisotopic (exact) mass is 489 g/mol. The van der Waals surface area contributed by atoms with Crippen LogP contribution < -0.4 is 9.47 Å². The quantitative estimate of drug-likeness (QED) is 0.268. The second-order valence-electron chi connectivity index (χ2n) is 7.33. The van der Waals surface area contributed by atoms with Crippen molar-refractivity contribution in [3.8, 4) is 17.6 Å². The molecule has 0 bridgehead atoms. The summed E-state index contributed by atoms with van der Waals surface area (Å²) < 4.78 is 38.8. The van der Waals surface area contributed by atoms with Gasteiger partial charge in [-0.2, -0.15) is 5.26 Å². The zero-order valence-electron chi connectivity index (χ0n) is 18.7. The van der Waals surface area contributed by atoms with E-state index in [0.717, 1.165) is 3.97 Å². The van der Waals surface area contributed by atoms with Gasteiger partial charge < -0.3 is 9.47 Å². The number of fused-ring (bicyclic) bond motifs is 1. The molecule has 0 aliphatic rings. The van der Waals surface area contributed by atoms with Gasteiger partial charge in [-0.15, -0.1) is 0 Å². The number of methoxy groups -OCH3 is 2. The number of nitrogens with zero attached hydrogens (tertiary/aromatic N) is 3. The molecule has 0 spiro atoms. The summed E-state index contributed by atoms with van der Waals surface area (Å²) >= 11 is 0. The van der Waals surface area contributed by atoms with Crippen LogP contribution in [0.2, 0.25) is 0 Å². The van der Waals surface area contributed by atoms with Crippen molar-refractivity contribution in [1.82, 2.24) is 3.97 Å². The molecule has 0 aliphatic heterocycles. The molecule has 0 unspecified atom stereocenters. The minimum absolute atomic E-state index is 0.0389. The highest BCUT2D eigenvalue weighted by atomic mass is 32.2. The summed E-state index contributed by atoms with van der Waals surface area (Å²) in [5, 5.41) is 22.1. The molecular formula is C25H19N3O6S. The Morgan fingerprint density at radius 2 is 1.60 bits per heavy atom. The molecule has 3 aromatic carbocycles. The maximum absolute atomic E-state index is 13.6. The van der Waals surface area contributed by atoms with Crippen molar-refractivity contribution in [2.24, 2.45) is 0 Å². The third-order valence-corrected chi connectivity index (χ3v) is 7.15. The third-order valence-electron chi connectivity index (χ3n) is 5.41. The molecule has 9 nitrogen and oxygen atoms in total. The highest BCUT2D eigenvalue weighted by Gasteiger charge is 2.26. The van der Waals surface area contributed by atoms with Crippen molar-refractivity contribution in [2.75, 3.05) is 14.2 Å². The fraction of sp³-hybridized carbons (Fsp3) is 0.0800. The molecule has 0 amide bonds. The number of rotatable bonds is 7. The van der Waals surface area contributed by atoms with Crippen LogP contribution in [0.15, 0.2) is 71.6 Å². The number of hydrogen-bond acceptors (Lipinski definition) is 7. The molecule has 0 atom stereocenters. The molecule has 10 heteroatoms. The SMILES string of the molecule is COc1cc(/C=C/c2c(C#N)c3ccccc3n2S(=O)(=O)c2ccccc2)c([N+](=O)[O-])cc1OC. The highest BCUT2D eigenvalue weighted by Crippen LogP contribution is 2.36. The molecule has 4 aromatic rings. The molecule has 4 rings (SSSR count). The Morgan fingerprint density at radius 1 is 0.971 bits per heavy atom. The van der Waals surface area contributed by atoms with E-state index in [4.69, 9.17) is 9.47 Å². The van der Waals surface area contributed by atoms with Gasteiger partial charge in [-0.1, -0.05) is 36.4 Å². The van der Waals surface area contributed by atoms with Crippen LogP contribution in [0.25, 0.3) is 23.1 Å². The topological polar surface area (TPSA) is 124 Å². The van der Waals surface area contributed by atoms with E-state index in [2.05, 4.69) is 6.07 Å². The second-order valence-corrected chi connectivity index (χ2v) is 9.11. The molecular weight excluding hydrogens is 470 g/mol. The average molecular weight is 490 g/mol. The third kappa shape index (κ3) is 4.09. The maximum Gasteiger partial charge on any atom is 0.280 e. The first-order chi connectivity index (χ1) is 16.8. The molecule has 0 saturated carbocycles. The van der Waals surface area contributed by atoms with Crippen LogP contribution >= 0.6 is 0 Å². The molecule has 0 aliphatic carbocycles. The number of ether oxygens (including phenoxy) is 2. The lowest BCUT2D eigenvalue weighted by atomic mass is 10.1. The van der Waals surface area contributed by atoms with Gasteiger partial charge in [0.05, 0.1) is 52.4 Å². The van der Waals surface area contributed by atoms with Crippen molar-refractivity contribution >= 4 is 38.8 Å². The Morgan fingerprint density at radius 3 is 2.23 bits per heavy atom. The van der Waals surface area contributed by atoms with Crippen LogP contribution in [0.3, 0.4) is 0 Å². The predicted octanol–water partition coefficient (Wildman–Crippen LogP) is 4.85. The molecule has 0 saturated heterocycles. The Kier molecular flexibility index (Phi) is 6.27. The van der Waals surface area contributed by atoms with Gasteiger partial charge in [0.1, 0.15) is 6.07 Å². The van der Waals surface area contributed by atoms with Crippen LogP contribution in [0.5, 0.6) is 11.5 Å². The van der Waals surface area contributed by atoms with E-state index in [-0.39, 0.29) is 38.9 Å². The van der Waals surface area contributed by atoms with Gasteiger partial charge in [0.15, 0.2) is 11.5 Å². The van der Waals surface area contributed by atoms with Crippen molar-refractivity contribution in [3.05, 3.63) is 93.7 Å². The highest BCUT2D eigenvalue weighted by molar-refractivity contribution is 7.90. The van der Waals surface area contributed by atoms with Gasteiger partial charge in [-0.3, -0.25) is 10.1 Å². The number of benzene rings is 3. The fourth-order valence-electron chi connectivity index (χ4n) is 3.80. The first-order valence-electron chi connectivity index (χ1n) is 10.3. The summed E-state index contributed by atoms with van der Waals surface area (Å²) in [4.78, 5) is 11.2. The lowest BCUT2D eigenvalue weighted by molar-refractivity contribution is -0.385. The summed E-state index contributed by atoms with van der Waals surface area (Å²) in [6.45, 7) is 0. The van der Waals surface area contributed by atoms with E-state index < -0.39 is 14.9 Å². The van der Waals surface area contributed by atoms with Gasteiger partial charge in [0.2, 0.25) is 0 Å². The minimum atomic E-state index is -4.10. The van der Waals surface area contributed by atoms with Crippen LogP contribution in [-0.2, 0) is 10.0 Å². The Bertz CT molecular complexity index is 1620. The molecule has 0 N–H and O–H groups in total. The van der Waals surface area contributed by atoms with Crippen molar-refractivity contribution < 1.29 is 22.8 Å². The standard InChI is InChI=1S/C25H19N3O6S/c1-33-24-14-17(23(28(29)30)15-25(24)34-2)12-13-22-20(16-26)19-10-6-7-11-21(19)27(22)35(31,32)18-8-4-3-5-9-18/h3-15H,1-2H3/b13-12+. The van der Waals surface area contributed by atoms with Crippen LogP contribution in [0.4, 0.5) is 5.69 Å². The van der Waals surface area contributed by atoms with Crippen molar-refractivity contribution in [3.63, 3.8) is 0 Å². The van der Waals surface area contributed by atoms with E-state index in [1.807, 2.05) is 0 Å². The molecule has 0 radical (unpaired) electrons. The zero-order valence-corrected chi connectivity index (χ0v) is 19.5. The number of nitriles is 1. The van der Waals surface area contributed by atoms with E-state index in [1.54, 1.807) is 42.5 Å². The van der Waals surface area contributed by atoms with Crippen molar-refractivity contribution in [2.45, 2.75) is 4.90 Å². The van der Waals surface area contributed by atoms with E-state index in [1.165, 1.54) is 50.6 Å². The fourth-order valence-corrected chi connectivity index (χ4v) is 5.34. The molecule has 35 heavy (non-hydrogen) atoms. The normalized spacial score (nSPS) is 11.5. The van der Waals surface area contributed by atoms with E-state index >= 15 is 0 Å². The van der Waals surface area contributed by atoms with Gasteiger partial charge >= 0.3 is 0 Å². The Hall–Kier alpha value is -4.62.